The second-order valence-corrected chi connectivity index (χ2v) is 3.73. The van der Waals surface area contributed by atoms with E-state index < -0.39 is 12.2 Å². The van der Waals surface area contributed by atoms with Crippen LogP contribution in [0.3, 0.4) is 0 Å². The summed E-state index contributed by atoms with van der Waals surface area (Å²) in [6, 6.07) is 0. The van der Waals surface area contributed by atoms with E-state index in [1.807, 2.05) is 0 Å². The minimum Gasteiger partial charge on any atom is -0.388 e. The summed E-state index contributed by atoms with van der Waals surface area (Å²) < 4.78 is 10.2. The van der Waals surface area contributed by atoms with Crippen LogP contribution in [0.1, 0.15) is 26.7 Å². The monoisotopic (exact) mass is 204 g/mol. The number of aliphatic hydroxyl groups excluding tert-OH is 2. The van der Waals surface area contributed by atoms with Crippen molar-refractivity contribution in [2.75, 3.05) is 13.2 Å². The first kappa shape index (κ1) is 11.9. The number of hydrogen-bond donors (Lipinski definition) is 2. The summed E-state index contributed by atoms with van der Waals surface area (Å²) in [5, 5.41) is 18.3. The van der Waals surface area contributed by atoms with Gasteiger partial charge in [0.05, 0.1) is 13.2 Å². The number of unbranched alkanes of at least 4 members (excludes halogenated alkanes) is 1. The number of ether oxygens (including phenoxy) is 2. The fourth-order valence-corrected chi connectivity index (χ4v) is 1.46. The fraction of sp³-hybridized carbons (Fsp3) is 1.00. The van der Waals surface area contributed by atoms with Crippen LogP contribution in [0.5, 0.6) is 0 Å². The van der Waals surface area contributed by atoms with Crippen LogP contribution in [0.15, 0.2) is 0 Å². The van der Waals surface area contributed by atoms with E-state index in [-0.39, 0.29) is 25.4 Å². The topological polar surface area (TPSA) is 58.9 Å². The molecule has 2 rings (SSSR count). The van der Waals surface area contributed by atoms with Crippen molar-refractivity contribution in [1.29, 1.82) is 0 Å². The Morgan fingerprint density at radius 3 is 1.57 bits per heavy atom. The zero-order chi connectivity index (χ0) is 10.6. The highest BCUT2D eigenvalue weighted by molar-refractivity contribution is 4.93. The molecule has 0 spiro atoms. The molecule has 2 aliphatic heterocycles. The average Bonchev–Trinajstić information content (AvgIpc) is 2.73. The molecule has 0 aromatic heterocycles. The molecule has 2 aliphatic rings. The van der Waals surface area contributed by atoms with Gasteiger partial charge in [0, 0.05) is 0 Å². The Morgan fingerprint density at radius 1 is 0.929 bits per heavy atom. The molecule has 0 amide bonds. The van der Waals surface area contributed by atoms with Crippen molar-refractivity contribution >= 4 is 0 Å². The Balaban J connectivity index is 0.000000213. The molecule has 2 N–H and O–H groups in total. The van der Waals surface area contributed by atoms with Crippen LogP contribution in [0.4, 0.5) is 0 Å². The van der Waals surface area contributed by atoms with Crippen LogP contribution in [-0.4, -0.2) is 47.8 Å². The van der Waals surface area contributed by atoms with Crippen molar-refractivity contribution in [3.8, 4) is 0 Å². The molecule has 4 nitrogen and oxygen atoms in total. The molecular weight excluding hydrogens is 184 g/mol. The molecule has 0 unspecified atom stereocenters. The van der Waals surface area contributed by atoms with E-state index in [9.17, 15) is 0 Å². The van der Waals surface area contributed by atoms with Gasteiger partial charge in [-0.15, -0.1) is 0 Å². The molecule has 0 bridgehead atoms. The van der Waals surface area contributed by atoms with Gasteiger partial charge in [-0.1, -0.05) is 26.7 Å². The summed E-state index contributed by atoms with van der Waals surface area (Å²) in [6.45, 7) is 4.93. The van der Waals surface area contributed by atoms with Gasteiger partial charge in [0.15, 0.2) is 0 Å². The molecule has 2 saturated heterocycles. The van der Waals surface area contributed by atoms with E-state index >= 15 is 0 Å². The Kier molecular flexibility index (Phi) is 4.81. The van der Waals surface area contributed by atoms with E-state index in [4.69, 9.17) is 19.7 Å². The van der Waals surface area contributed by atoms with Crippen LogP contribution >= 0.6 is 0 Å². The third-order valence-corrected chi connectivity index (χ3v) is 2.50. The highest BCUT2D eigenvalue weighted by Crippen LogP contribution is 2.26. The summed E-state index contributed by atoms with van der Waals surface area (Å²) in [7, 11) is 0. The van der Waals surface area contributed by atoms with Gasteiger partial charge in [-0.3, -0.25) is 0 Å². The van der Waals surface area contributed by atoms with E-state index in [1.54, 1.807) is 0 Å². The SMILES string of the molecule is CCCC.O[C@@H]1CO[C@H]2[C@@H]1OC[C@@H]2O. The molecule has 14 heavy (non-hydrogen) atoms. The summed E-state index contributed by atoms with van der Waals surface area (Å²) in [4.78, 5) is 0. The quantitative estimate of drug-likeness (QED) is 0.645. The molecular formula is C10H20O4. The first-order chi connectivity index (χ1) is 6.70. The Morgan fingerprint density at radius 2 is 1.29 bits per heavy atom. The van der Waals surface area contributed by atoms with Gasteiger partial charge < -0.3 is 19.7 Å². The normalized spacial score (nSPS) is 40.3. The van der Waals surface area contributed by atoms with E-state index in [0.29, 0.717) is 0 Å². The maximum absolute atomic E-state index is 9.16. The summed E-state index contributed by atoms with van der Waals surface area (Å²) in [5.74, 6) is 0. The van der Waals surface area contributed by atoms with Crippen molar-refractivity contribution in [3.05, 3.63) is 0 Å². The van der Waals surface area contributed by atoms with Crippen LogP contribution in [0.2, 0.25) is 0 Å². The minimum atomic E-state index is -0.554. The summed E-state index contributed by atoms with van der Waals surface area (Å²) in [6.07, 6.45) is 0.939. The molecule has 2 heterocycles. The van der Waals surface area contributed by atoms with Gasteiger partial charge >= 0.3 is 0 Å². The largest absolute Gasteiger partial charge is 0.388 e. The van der Waals surface area contributed by atoms with Gasteiger partial charge in [-0.05, 0) is 0 Å². The van der Waals surface area contributed by atoms with Crippen LogP contribution in [-0.2, 0) is 9.47 Å². The number of aliphatic hydroxyl groups is 2. The second kappa shape index (κ2) is 5.66. The standard InChI is InChI=1S/C6H10O4.C4H10/c7-3-1-9-6-4(8)2-10-5(3)6;1-3-4-2/h3-8H,1-2H2;3-4H2,1-2H3/t3-,4+,5-,6-;/m1./s1. The van der Waals surface area contributed by atoms with Crippen molar-refractivity contribution in [1.82, 2.24) is 0 Å². The second-order valence-electron chi connectivity index (χ2n) is 3.73. The Hall–Kier alpha value is -0.160. The third-order valence-electron chi connectivity index (χ3n) is 2.50. The van der Waals surface area contributed by atoms with Gasteiger partial charge in [-0.2, -0.15) is 0 Å². The summed E-state index contributed by atoms with van der Waals surface area (Å²) in [5.41, 5.74) is 0. The first-order valence-electron chi connectivity index (χ1n) is 5.30. The Bertz CT molecular complexity index is 144. The summed E-state index contributed by atoms with van der Waals surface area (Å²) >= 11 is 0. The number of rotatable bonds is 1. The first-order valence-corrected chi connectivity index (χ1v) is 5.30. The zero-order valence-electron chi connectivity index (χ0n) is 8.85. The third kappa shape index (κ3) is 2.67. The van der Waals surface area contributed by atoms with Gasteiger partial charge in [0.1, 0.15) is 24.4 Å². The van der Waals surface area contributed by atoms with E-state index in [0.717, 1.165) is 0 Å². The predicted octanol–water partition coefficient (Wildman–Crippen LogP) is 0.312. The zero-order valence-corrected chi connectivity index (χ0v) is 8.85. The van der Waals surface area contributed by atoms with Gasteiger partial charge in [0.25, 0.3) is 0 Å². The number of hydrogen-bond acceptors (Lipinski definition) is 4. The molecule has 0 aromatic carbocycles. The van der Waals surface area contributed by atoms with E-state index in [2.05, 4.69) is 13.8 Å². The molecule has 0 aliphatic carbocycles. The lowest BCUT2D eigenvalue weighted by Crippen LogP contribution is -2.30. The highest BCUT2D eigenvalue weighted by atomic mass is 16.6. The van der Waals surface area contributed by atoms with Crippen molar-refractivity contribution in [2.45, 2.75) is 51.1 Å². The van der Waals surface area contributed by atoms with Crippen molar-refractivity contribution < 1.29 is 19.7 Å². The van der Waals surface area contributed by atoms with Crippen LogP contribution in [0.25, 0.3) is 0 Å². The molecule has 0 aromatic rings. The number of fused-ring (bicyclic) bond motifs is 1. The lowest BCUT2D eigenvalue weighted by molar-refractivity contribution is 0.00205. The lowest BCUT2D eigenvalue weighted by Gasteiger charge is -2.09. The average molecular weight is 204 g/mol. The maximum Gasteiger partial charge on any atom is 0.114 e. The molecule has 0 radical (unpaired) electrons. The highest BCUT2D eigenvalue weighted by Gasteiger charge is 2.46. The fourth-order valence-electron chi connectivity index (χ4n) is 1.46. The maximum atomic E-state index is 9.16. The smallest absolute Gasteiger partial charge is 0.114 e. The lowest BCUT2D eigenvalue weighted by atomic mass is 10.1. The van der Waals surface area contributed by atoms with Crippen molar-refractivity contribution in [2.24, 2.45) is 0 Å². The minimum absolute atomic E-state index is 0.284. The molecule has 2 fully saturated rings. The van der Waals surface area contributed by atoms with Gasteiger partial charge in [-0.25, -0.2) is 0 Å². The van der Waals surface area contributed by atoms with Crippen LogP contribution in [0, 0.1) is 0 Å². The molecule has 4 atom stereocenters. The Labute approximate surface area is 84.8 Å². The van der Waals surface area contributed by atoms with E-state index in [1.165, 1.54) is 12.8 Å². The van der Waals surface area contributed by atoms with Gasteiger partial charge in [0.2, 0.25) is 0 Å². The predicted molar refractivity (Wildman–Crippen MR) is 52.1 cm³/mol. The molecule has 4 heteroatoms. The van der Waals surface area contributed by atoms with Crippen LogP contribution < -0.4 is 0 Å². The van der Waals surface area contributed by atoms with Crippen molar-refractivity contribution in [3.63, 3.8) is 0 Å². The molecule has 84 valence electrons. The molecule has 0 saturated carbocycles.